The highest BCUT2D eigenvalue weighted by atomic mass is 15.1. The Morgan fingerprint density at radius 3 is 2.50 bits per heavy atom. The number of nitrogens with zero attached hydrogens (tertiary/aromatic N) is 1. The second kappa shape index (κ2) is 2.70. The Morgan fingerprint density at radius 2 is 1.92 bits per heavy atom. The van der Waals surface area contributed by atoms with Gasteiger partial charge in [0, 0.05) is 18.1 Å². The van der Waals surface area contributed by atoms with E-state index in [1.165, 1.54) is 0 Å². The SMILES string of the molecule is N=c1[nH]ccn1-c1ccccc1. The van der Waals surface area contributed by atoms with Crippen molar-refractivity contribution in [2.24, 2.45) is 0 Å². The molecule has 60 valence electrons. The number of hydrogen-bond donors (Lipinski definition) is 2. The van der Waals surface area contributed by atoms with E-state index in [2.05, 4.69) is 4.98 Å². The number of hydrogen-bond acceptors (Lipinski definition) is 1. The van der Waals surface area contributed by atoms with Crippen molar-refractivity contribution in [2.75, 3.05) is 0 Å². The molecule has 2 N–H and O–H groups in total. The van der Waals surface area contributed by atoms with Gasteiger partial charge in [-0.1, -0.05) is 18.2 Å². The first-order valence-electron chi connectivity index (χ1n) is 3.74. The van der Waals surface area contributed by atoms with Crippen molar-refractivity contribution in [1.29, 1.82) is 5.41 Å². The number of benzene rings is 1. The highest BCUT2D eigenvalue weighted by molar-refractivity contribution is 5.30. The maximum Gasteiger partial charge on any atom is 0.204 e. The lowest BCUT2D eigenvalue weighted by Crippen LogP contribution is -2.13. The fourth-order valence-electron chi connectivity index (χ4n) is 1.14. The van der Waals surface area contributed by atoms with E-state index in [1.807, 2.05) is 36.5 Å². The van der Waals surface area contributed by atoms with Crippen LogP contribution in [0.1, 0.15) is 0 Å². The molecular formula is C9H9N3. The Balaban J connectivity index is 2.59. The summed E-state index contributed by atoms with van der Waals surface area (Å²) in [5.74, 6) is 0. The predicted octanol–water partition coefficient (Wildman–Crippen LogP) is 1.28. The first kappa shape index (κ1) is 6.91. The third-order valence-corrected chi connectivity index (χ3v) is 1.72. The molecule has 0 unspecified atom stereocenters. The van der Waals surface area contributed by atoms with E-state index in [1.54, 1.807) is 10.8 Å². The summed E-state index contributed by atoms with van der Waals surface area (Å²) in [6.45, 7) is 0. The van der Waals surface area contributed by atoms with Crippen LogP contribution >= 0.6 is 0 Å². The van der Waals surface area contributed by atoms with Crippen LogP contribution in [0.25, 0.3) is 5.69 Å². The van der Waals surface area contributed by atoms with Crippen molar-refractivity contribution < 1.29 is 0 Å². The summed E-state index contributed by atoms with van der Waals surface area (Å²) in [4.78, 5) is 2.80. The van der Waals surface area contributed by atoms with Crippen molar-refractivity contribution in [1.82, 2.24) is 9.55 Å². The monoisotopic (exact) mass is 159 g/mol. The summed E-state index contributed by atoms with van der Waals surface area (Å²) in [7, 11) is 0. The van der Waals surface area contributed by atoms with Crippen molar-refractivity contribution >= 4 is 0 Å². The summed E-state index contributed by atoms with van der Waals surface area (Å²) in [6.07, 6.45) is 3.58. The summed E-state index contributed by atoms with van der Waals surface area (Å²) in [5.41, 5.74) is 1.39. The zero-order valence-corrected chi connectivity index (χ0v) is 6.49. The van der Waals surface area contributed by atoms with Gasteiger partial charge in [-0.2, -0.15) is 0 Å². The van der Waals surface area contributed by atoms with E-state index in [0.29, 0.717) is 5.62 Å². The molecule has 0 aliphatic carbocycles. The molecule has 0 aliphatic heterocycles. The molecule has 0 atom stereocenters. The minimum atomic E-state index is 0.390. The number of para-hydroxylation sites is 1. The first-order valence-corrected chi connectivity index (χ1v) is 3.74. The molecule has 1 heterocycles. The molecule has 2 aromatic rings. The van der Waals surface area contributed by atoms with E-state index >= 15 is 0 Å². The molecule has 0 spiro atoms. The molecular weight excluding hydrogens is 150 g/mol. The minimum Gasteiger partial charge on any atom is -0.331 e. The molecule has 0 aliphatic rings. The average Bonchev–Trinajstić information content (AvgIpc) is 2.53. The van der Waals surface area contributed by atoms with Crippen LogP contribution in [-0.2, 0) is 0 Å². The smallest absolute Gasteiger partial charge is 0.204 e. The van der Waals surface area contributed by atoms with E-state index in [-0.39, 0.29) is 0 Å². The summed E-state index contributed by atoms with van der Waals surface area (Å²) in [5, 5.41) is 7.50. The minimum absolute atomic E-state index is 0.390. The molecule has 0 amide bonds. The Morgan fingerprint density at radius 1 is 1.17 bits per heavy atom. The van der Waals surface area contributed by atoms with Crippen molar-refractivity contribution in [3.05, 3.63) is 48.3 Å². The highest BCUT2D eigenvalue weighted by Gasteiger charge is 1.93. The van der Waals surface area contributed by atoms with Crippen molar-refractivity contribution in [3.8, 4) is 5.69 Å². The summed E-state index contributed by atoms with van der Waals surface area (Å²) >= 11 is 0. The topological polar surface area (TPSA) is 44.6 Å². The van der Waals surface area contributed by atoms with Crippen LogP contribution in [0.3, 0.4) is 0 Å². The van der Waals surface area contributed by atoms with Crippen LogP contribution < -0.4 is 5.62 Å². The predicted molar refractivity (Wildman–Crippen MR) is 46.0 cm³/mol. The van der Waals surface area contributed by atoms with Crippen molar-refractivity contribution in [3.63, 3.8) is 0 Å². The van der Waals surface area contributed by atoms with Gasteiger partial charge in [-0.3, -0.25) is 9.98 Å². The van der Waals surface area contributed by atoms with Crippen LogP contribution in [0.2, 0.25) is 0 Å². The zero-order chi connectivity index (χ0) is 8.39. The molecule has 0 saturated heterocycles. The van der Waals surface area contributed by atoms with E-state index in [0.717, 1.165) is 5.69 Å². The zero-order valence-electron chi connectivity index (χ0n) is 6.49. The molecule has 1 aromatic heterocycles. The van der Waals surface area contributed by atoms with Crippen LogP contribution in [-0.4, -0.2) is 9.55 Å². The Bertz CT molecular complexity index is 411. The second-order valence-electron chi connectivity index (χ2n) is 2.51. The van der Waals surface area contributed by atoms with Crippen LogP contribution in [0.4, 0.5) is 0 Å². The lowest BCUT2D eigenvalue weighted by Gasteiger charge is -1.99. The fraction of sp³-hybridized carbons (Fsp3) is 0. The van der Waals surface area contributed by atoms with Crippen LogP contribution in [0, 0.1) is 5.41 Å². The summed E-state index contributed by atoms with van der Waals surface area (Å²) < 4.78 is 1.78. The number of nitrogens with one attached hydrogen (secondary N) is 2. The number of rotatable bonds is 1. The number of aromatic amines is 1. The summed E-state index contributed by atoms with van der Waals surface area (Å²) in [6, 6.07) is 9.79. The standard InChI is InChI=1S/C9H9N3/c10-9-11-6-7-12(9)8-4-2-1-3-5-8/h1-7H,(H2,10,11). The Kier molecular flexibility index (Phi) is 1.55. The average molecular weight is 159 g/mol. The molecule has 0 saturated carbocycles. The fourth-order valence-corrected chi connectivity index (χ4v) is 1.14. The van der Waals surface area contributed by atoms with Crippen molar-refractivity contribution in [2.45, 2.75) is 0 Å². The number of aromatic nitrogens is 2. The lowest BCUT2D eigenvalue weighted by atomic mass is 10.3. The Hall–Kier alpha value is -1.77. The molecule has 0 bridgehead atoms. The largest absolute Gasteiger partial charge is 0.331 e. The number of imidazole rings is 1. The molecule has 1 aromatic carbocycles. The third kappa shape index (κ3) is 1.05. The maximum atomic E-state index is 7.50. The van der Waals surface area contributed by atoms with Gasteiger partial charge in [-0.25, -0.2) is 0 Å². The molecule has 0 radical (unpaired) electrons. The second-order valence-corrected chi connectivity index (χ2v) is 2.51. The molecule has 12 heavy (non-hydrogen) atoms. The third-order valence-electron chi connectivity index (χ3n) is 1.72. The highest BCUT2D eigenvalue weighted by Crippen LogP contribution is 2.01. The van der Waals surface area contributed by atoms with Gasteiger partial charge < -0.3 is 4.98 Å². The maximum absolute atomic E-state index is 7.50. The Labute approximate surface area is 69.8 Å². The number of H-pyrrole nitrogens is 1. The van der Waals surface area contributed by atoms with Gasteiger partial charge in [0.05, 0.1) is 0 Å². The van der Waals surface area contributed by atoms with Crippen LogP contribution in [0.5, 0.6) is 0 Å². The quantitative estimate of drug-likeness (QED) is 0.629. The lowest BCUT2D eigenvalue weighted by molar-refractivity contribution is 0.908. The van der Waals surface area contributed by atoms with E-state index in [4.69, 9.17) is 5.41 Å². The van der Waals surface area contributed by atoms with Gasteiger partial charge >= 0.3 is 0 Å². The van der Waals surface area contributed by atoms with Crippen LogP contribution in [0.15, 0.2) is 42.7 Å². The molecule has 3 nitrogen and oxygen atoms in total. The normalized spacial score (nSPS) is 10.0. The van der Waals surface area contributed by atoms with Gasteiger partial charge in [0.15, 0.2) is 0 Å². The van der Waals surface area contributed by atoms with Gasteiger partial charge in [0.25, 0.3) is 0 Å². The van der Waals surface area contributed by atoms with E-state index in [9.17, 15) is 0 Å². The van der Waals surface area contributed by atoms with Gasteiger partial charge in [-0.05, 0) is 12.1 Å². The van der Waals surface area contributed by atoms with Gasteiger partial charge in [0.2, 0.25) is 5.62 Å². The van der Waals surface area contributed by atoms with Gasteiger partial charge in [0.1, 0.15) is 0 Å². The molecule has 3 heteroatoms. The molecule has 0 fully saturated rings. The van der Waals surface area contributed by atoms with Gasteiger partial charge in [-0.15, -0.1) is 0 Å². The molecule has 2 rings (SSSR count). The van der Waals surface area contributed by atoms with E-state index < -0.39 is 0 Å². The first-order chi connectivity index (χ1) is 5.88.